The summed E-state index contributed by atoms with van der Waals surface area (Å²) in [4.78, 5) is 15.1. The highest BCUT2D eigenvalue weighted by atomic mass is 19.1. The largest absolute Gasteiger partial charge is 0.480 e. The van der Waals surface area contributed by atoms with Gasteiger partial charge in [-0.1, -0.05) is 18.1 Å². The van der Waals surface area contributed by atoms with Crippen LogP contribution in [-0.2, 0) is 4.79 Å². The minimum Gasteiger partial charge on any atom is -0.480 e. The number of ether oxygens (including phenoxy) is 1. The Morgan fingerprint density at radius 1 is 1.24 bits per heavy atom. The number of benzene rings is 1. The Balaban J connectivity index is 1.54. The lowest BCUT2D eigenvalue weighted by Crippen LogP contribution is -2.09. The highest BCUT2D eigenvalue weighted by Crippen LogP contribution is 2.30. The Morgan fingerprint density at radius 3 is 2.85 bits per heavy atom. The van der Waals surface area contributed by atoms with Crippen molar-refractivity contribution in [2.24, 2.45) is 0 Å². The molecule has 0 aliphatic rings. The Hall–Kier alpha value is -4.34. The molecule has 5 aromatic rings. The molecule has 0 amide bonds. The molecule has 5 rings (SSSR count). The molecule has 0 fully saturated rings. The SMILES string of the molecule is Cc1cc(-c2cc(F)c3nnc([C@@H](C)c4ccc5ncc(OCC(=O)O)cc5c4)n3c2)on1. The van der Waals surface area contributed by atoms with Gasteiger partial charge in [0.1, 0.15) is 11.6 Å². The van der Waals surface area contributed by atoms with E-state index in [0.717, 1.165) is 16.5 Å². The molecule has 0 bridgehead atoms. The Morgan fingerprint density at radius 2 is 2.09 bits per heavy atom. The molecule has 0 spiro atoms. The lowest BCUT2D eigenvalue weighted by atomic mass is 9.98. The number of carbonyl (C=O) groups is 1. The molecule has 4 aromatic heterocycles. The second-order valence-corrected chi connectivity index (χ2v) is 7.69. The van der Waals surface area contributed by atoms with Crippen molar-refractivity contribution in [1.29, 1.82) is 0 Å². The van der Waals surface area contributed by atoms with Gasteiger partial charge in [-0.25, -0.2) is 9.18 Å². The third-order valence-corrected chi connectivity index (χ3v) is 5.33. The first-order valence-electron chi connectivity index (χ1n) is 10.1. The zero-order valence-electron chi connectivity index (χ0n) is 17.7. The standard InChI is InChI=1S/C23H18FN5O4/c1-12-5-20(33-28-12)16-8-18(24)23-27-26-22(29(23)10-16)13(2)14-3-4-19-15(6-14)7-17(9-25-19)32-11-21(30)31/h3-10,13H,11H2,1-2H3,(H,30,31)/t13-/m0/s1. The molecule has 10 heteroatoms. The molecule has 0 aliphatic carbocycles. The predicted molar refractivity (Wildman–Crippen MR) is 116 cm³/mol. The van der Waals surface area contributed by atoms with E-state index in [2.05, 4.69) is 20.3 Å². The summed E-state index contributed by atoms with van der Waals surface area (Å²) in [6.45, 7) is 3.29. The molecule has 0 radical (unpaired) electrons. The number of rotatable bonds is 6. The summed E-state index contributed by atoms with van der Waals surface area (Å²) < 4.78 is 26.9. The molecular formula is C23H18FN5O4. The monoisotopic (exact) mass is 447 g/mol. The van der Waals surface area contributed by atoms with E-state index in [1.165, 1.54) is 12.3 Å². The summed E-state index contributed by atoms with van der Waals surface area (Å²) in [6, 6.07) is 10.5. The van der Waals surface area contributed by atoms with Crippen LogP contribution in [0.5, 0.6) is 5.75 Å². The summed E-state index contributed by atoms with van der Waals surface area (Å²) in [5.41, 5.74) is 2.96. The van der Waals surface area contributed by atoms with Crippen LogP contribution in [0.15, 0.2) is 53.3 Å². The highest BCUT2D eigenvalue weighted by Gasteiger charge is 2.20. The zero-order chi connectivity index (χ0) is 23.1. The van der Waals surface area contributed by atoms with Crippen molar-refractivity contribution in [2.45, 2.75) is 19.8 Å². The van der Waals surface area contributed by atoms with Crippen molar-refractivity contribution in [3.63, 3.8) is 0 Å². The first-order valence-corrected chi connectivity index (χ1v) is 10.1. The van der Waals surface area contributed by atoms with Gasteiger partial charge in [-0.15, -0.1) is 10.2 Å². The second-order valence-electron chi connectivity index (χ2n) is 7.69. The van der Waals surface area contributed by atoms with Gasteiger partial charge in [-0.05, 0) is 36.8 Å². The number of halogens is 1. The van der Waals surface area contributed by atoms with Crippen molar-refractivity contribution < 1.29 is 23.6 Å². The molecule has 1 aromatic carbocycles. The maximum Gasteiger partial charge on any atom is 0.341 e. The van der Waals surface area contributed by atoms with Gasteiger partial charge < -0.3 is 14.4 Å². The van der Waals surface area contributed by atoms with Crippen molar-refractivity contribution in [2.75, 3.05) is 6.61 Å². The second kappa shape index (κ2) is 7.97. The molecular weight excluding hydrogens is 429 g/mol. The fourth-order valence-electron chi connectivity index (χ4n) is 3.67. The van der Waals surface area contributed by atoms with Crippen molar-refractivity contribution in [3.05, 3.63) is 71.7 Å². The number of hydrogen-bond donors (Lipinski definition) is 1. The van der Waals surface area contributed by atoms with E-state index in [0.29, 0.717) is 28.6 Å². The molecule has 0 unspecified atom stereocenters. The Labute approximate surface area is 186 Å². The molecule has 0 saturated heterocycles. The van der Waals surface area contributed by atoms with Crippen LogP contribution in [0.1, 0.15) is 29.9 Å². The summed E-state index contributed by atoms with van der Waals surface area (Å²) in [5, 5.41) is 21.7. The number of aromatic nitrogens is 5. The summed E-state index contributed by atoms with van der Waals surface area (Å²) in [7, 11) is 0. The average Bonchev–Trinajstić information content (AvgIpc) is 3.43. The number of nitrogens with zero attached hydrogens (tertiary/aromatic N) is 5. The first kappa shape index (κ1) is 20.6. The smallest absolute Gasteiger partial charge is 0.341 e. The van der Waals surface area contributed by atoms with Gasteiger partial charge in [-0.3, -0.25) is 9.38 Å². The Bertz CT molecular complexity index is 1510. The third kappa shape index (κ3) is 3.86. The maximum absolute atomic E-state index is 14.8. The molecule has 1 atom stereocenters. The van der Waals surface area contributed by atoms with Crippen LogP contribution < -0.4 is 4.74 Å². The van der Waals surface area contributed by atoms with Crippen molar-refractivity contribution >= 4 is 22.5 Å². The van der Waals surface area contributed by atoms with E-state index in [1.807, 2.05) is 25.1 Å². The van der Waals surface area contributed by atoms with Crippen molar-refractivity contribution in [3.8, 4) is 17.1 Å². The predicted octanol–water partition coefficient (Wildman–Crippen LogP) is 4.00. The van der Waals surface area contributed by atoms with Gasteiger partial charge in [0.2, 0.25) is 0 Å². The molecule has 0 saturated carbocycles. The first-order chi connectivity index (χ1) is 15.9. The number of hydrogen-bond acceptors (Lipinski definition) is 7. The fraction of sp³-hybridized carbons (Fsp3) is 0.174. The quantitative estimate of drug-likeness (QED) is 0.415. The van der Waals surface area contributed by atoms with Gasteiger partial charge in [0.25, 0.3) is 0 Å². The van der Waals surface area contributed by atoms with E-state index in [-0.39, 0.29) is 11.6 Å². The summed E-state index contributed by atoms with van der Waals surface area (Å²) >= 11 is 0. The van der Waals surface area contributed by atoms with E-state index < -0.39 is 18.4 Å². The number of aryl methyl sites for hydroxylation is 1. The van der Waals surface area contributed by atoms with Gasteiger partial charge >= 0.3 is 5.97 Å². The Kier molecular flexibility index (Phi) is 4.97. The number of fused-ring (bicyclic) bond motifs is 2. The fourth-order valence-corrected chi connectivity index (χ4v) is 3.67. The topological polar surface area (TPSA) is 116 Å². The average molecular weight is 447 g/mol. The lowest BCUT2D eigenvalue weighted by molar-refractivity contribution is -0.139. The maximum atomic E-state index is 14.8. The van der Waals surface area contributed by atoms with Crippen LogP contribution in [-0.4, -0.2) is 42.4 Å². The lowest BCUT2D eigenvalue weighted by Gasteiger charge is -2.12. The minimum absolute atomic E-state index is 0.114. The van der Waals surface area contributed by atoms with E-state index in [1.54, 1.807) is 29.7 Å². The van der Waals surface area contributed by atoms with E-state index in [9.17, 15) is 9.18 Å². The van der Waals surface area contributed by atoms with E-state index >= 15 is 0 Å². The number of carboxylic acids is 1. The number of aliphatic carboxylic acids is 1. The molecule has 9 nitrogen and oxygen atoms in total. The van der Waals surface area contributed by atoms with Crippen LogP contribution in [0.2, 0.25) is 0 Å². The minimum atomic E-state index is -1.07. The highest BCUT2D eigenvalue weighted by molar-refractivity contribution is 5.81. The molecule has 33 heavy (non-hydrogen) atoms. The van der Waals surface area contributed by atoms with Crippen LogP contribution in [0.4, 0.5) is 4.39 Å². The number of pyridine rings is 2. The molecule has 4 heterocycles. The van der Waals surface area contributed by atoms with E-state index in [4.69, 9.17) is 14.4 Å². The molecule has 0 aliphatic heterocycles. The van der Waals surface area contributed by atoms with Crippen LogP contribution in [0, 0.1) is 12.7 Å². The number of carboxylic acid groups (broad SMARTS) is 1. The van der Waals surface area contributed by atoms with Gasteiger partial charge in [0.15, 0.2) is 23.8 Å². The van der Waals surface area contributed by atoms with Gasteiger partial charge in [-0.2, -0.15) is 0 Å². The van der Waals surface area contributed by atoms with Gasteiger partial charge in [0.05, 0.1) is 17.4 Å². The van der Waals surface area contributed by atoms with Crippen LogP contribution >= 0.6 is 0 Å². The normalized spacial score (nSPS) is 12.3. The zero-order valence-corrected chi connectivity index (χ0v) is 17.7. The molecule has 1 N–H and O–H groups in total. The van der Waals surface area contributed by atoms with Crippen LogP contribution in [0.3, 0.4) is 0 Å². The van der Waals surface area contributed by atoms with Crippen molar-refractivity contribution in [1.82, 2.24) is 24.7 Å². The van der Waals surface area contributed by atoms with Crippen LogP contribution in [0.25, 0.3) is 27.9 Å². The van der Waals surface area contributed by atoms with Gasteiger partial charge in [0, 0.05) is 29.1 Å². The third-order valence-electron chi connectivity index (χ3n) is 5.33. The summed E-state index contributed by atoms with van der Waals surface area (Å²) in [6.07, 6.45) is 3.21. The molecule has 166 valence electrons. The summed E-state index contributed by atoms with van der Waals surface area (Å²) in [5.74, 6) is -0.465.